The van der Waals surface area contributed by atoms with E-state index in [-0.39, 0.29) is 11.5 Å². The first kappa shape index (κ1) is 18.7. The maximum absolute atomic E-state index is 11.8. The van der Waals surface area contributed by atoms with Gasteiger partial charge in [0.1, 0.15) is 0 Å². The topological polar surface area (TPSA) is 165 Å². The summed E-state index contributed by atoms with van der Waals surface area (Å²) in [6.45, 7) is 0. The van der Waals surface area contributed by atoms with E-state index in [0.29, 0.717) is 5.56 Å². The Bertz CT molecular complexity index is 685. The van der Waals surface area contributed by atoms with Crippen molar-refractivity contribution in [1.29, 1.82) is 0 Å². The van der Waals surface area contributed by atoms with Gasteiger partial charge in [-0.05, 0) is 23.8 Å². The number of carbonyl (C=O) groups is 2. The minimum atomic E-state index is -2.29. The summed E-state index contributed by atoms with van der Waals surface area (Å²) in [6.07, 6.45) is -3.43. The molecular formula is C16H18O9. The predicted octanol–water partition coefficient (Wildman–Crippen LogP) is -0.646. The number of esters is 1. The number of rotatable bonds is 4. The summed E-state index contributed by atoms with van der Waals surface area (Å²) in [5.41, 5.74) is -1.90. The lowest BCUT2D eigenvalue weighted by molar-refractivity contribution is -0.196. The second kappa shape index (κ2) is 7.09. The summed E-state index contributed by atoms with van der Waals surface area (Å²) in [4.78, 5) is 22.8. The number of benzene rings is 1. The highest BCUT2D eigenvalue weighted by molar-refractivity contribution is 5.87. The third-order valence-corrected chi connectivity index (χ3v) is 3.91. The van der Waals surface area contributed by atoms with E-state index in [9.17, 15) is 35.1 Å². The van der Waals surface area contributed by atoms with Crippen LogP contribution in [-0.4, -0.2) is 66.5 Å². The first-order valence-corrected chi connectivity index (χ1v) is 7.35. The van der Waals surface area contributed by atoms with Gasteiger partial charge >= 0.3 is 11.9 Å². The van der Waals surface area contributed by atoms with Gasteiger partial charge in [0.15, 0.2) is 23.2 Å². The van der Waals surface area contributed by atoms with Crippen molar-refractivity contribution < 1.29 is 45.0 Å². The summed E-state index contributed by atoms with van der Waals surface area (Å²) in [5.74, 6) is -3.19. The van der Waals surface area contributed by atoms with Crippen LogP contribution in [0.15, 0.2) is 24.3 Å². The van der Waals surface area contributed by atoms with E-state index in [2.05, 4.69) is 0 Å². The number of phenols is 2. The molecular weight excluding hydrogens is 336 g/mol. The first-order chi connectivity index (χ1) is 11.6. The molecule has 1 aliphatic carbocycles. The molecule has 1 aliphatic rings. The van der Waals surface area contributed by atoms with Crippen molar-refractivity contribution in [3.8, 4) is 11.5 Å². The third-order valence-electron chi connectivity index (χ3n) is 3.91. The van der Waals surface area contributed by atoms with Gasteiger partial charge in [-0.3, -0.25) is 0 Å². The van der Waals surface area contributed by atoms with Crippen molar-refractivity contribution >= 4 is 18.0 Å². The number of aliphatic hydroxyl groups is 3. The highest BCUT2D eigenvalue weighted by Gasteiger charge is 2.50. The van der Waals surface area contributed by atoms with Crippen LogP contribution in [0.25, 0.3) is 6.08 Å². The van der Waals surface area contributed by atoms with E-state index in [4.69, 9.17) is 9.84 Å². The minimum Gasteiger partial charge on any atom is -0.504 e. The zero-order valence-corrected chi connectivity index (χ0v) is 12.9. The van der Waals surface area contributed by atoms with E-state index in [1.807, 2.05) is 0 Å². The van der Waals surface area contributed by atoms with Crippen LogP contribution in [-0.2, 0) is 14.3 Å². The lowest BCUT2D eigenvalue weighted by Crippen LogP contribution is -2.57. The molecule has 1 fully saturated rings. The molecule has 0 spiro atoms. The zero-order chi connectivity index (χ0) is 18.8. The molecule has 0 aliphatic heterocycles. The monoisotopic (exact) mass is 354 g/mol. The molecule has 1 aromatic carbocycles. The standard InChI is InChI=1S/C16H18O9/c17-9-3-1-8(5-10(9)18)2-4-13(21)25-14-11(19)6-16(24,15(22)23)7-12(14)20/h1-5,11-12,14,17-20,24H,6-7H2,(H,22,23)/b4-2+/t11-,12+,14?,16?. The summed E-state index contributed by atoms with van der Waals surface area (Å²) in [6, 6.07) is 3.86. The summed E-state index contributed by atoms with van der Waals surface area (Å²) >= 11 is 0. The van der Waals surface area contributed by atoms with Gasteiger partial charge in [-0.2, -0.15) is 0 Å². The molecule has 0 radical (unpaired) electrons. The van der Waals surface area contributed by atoms with Crippen molar-refractivity contribution in [3.63, 3.8) is 0 Å². The maximum Gasteiger partial charge on any atom is 0.335 e. The summed E-state index contributed by atoms with van der Waals surface area (Å²) < 4.78 is 4.92. The molecule has 0 bridgehead atoms. The number of carbonyl (C=O) groups excluding carboxylic acids is 1. The van der Waals surface area contributed by atoms with E-state index in [1.165, 1.54) is 24.3 Å². The van der Waals surface area contributed by atoms with E-state index in [0.717, 1.165) is 6.08 Å². The lowest BCUT2D eigenvalue weighted by Gasteiger charge is -2.39. The van der Waals surface area contributed by atoms with E-state index >= 15 is 0 Å². The van der Waals surface area contributed by atoms with Gasteiger partial charge in [-0.1, -0.05) is 6.07 Å². The molecule has 4 atom stereocenters. The lowest BCUT2D eigenvalue weighted by atomic mass is 9.79. The van der Waals surface area contributed by atoms with Gasteiger partial charge in [-0.25, -0.2) is 9.59 Å². The Labute approximate surface area is 142 Å². The normalized spacial score (nSPS) is 29.5. The SMILES string of the molecule is O=C(/C=C/c1ccc(O)c(O)c1)OC1[C@H](O)CC(O)(C(=O)O)C[C@@H]1O. The molecule has 1 aromatic rings. The van der Waals surface area contributed by atoms with Gasteiger partial charge in [0.05, 0.1) is 12.2 Å². The largest absolute Gasteiger partial charge is 0.504 e. The summed E-state index contributed by atoms with van der Waals surface area (Å²) in [5, 5.41) is 57.1. The fraction of sp³-hybridized carbons (Fsp3) is 0.375. The molecule has 6 N–H and O–H groups in total. The fourth-order valence-corrected chi connectivity index (χ4v) is 2.58. The molecule has 2 unspecified atom stereocenters. The Balaban J connectivity index is 2.01. The molecule has 9 nitrogen and oxygen atoms in total. The van der Waals surface area contributed by atoms with Crippen LogP contribution < -0.4 is 0 Å². The Morgan fingerprint density at radius 3 is 2.24 bits per heavy atom. The van der Waals surface area contributed by atoms with Gasteiger partial charge in [0, 0.05) is 18.9 Å². The van der Waals surface area contributed by atoms with Crippen LogP contribution in [0.1, 0.15) is 18.4 Å². The van der Waals surface area contributed by atoms with E-state index < -0.39 is 48.7 Å². The van der Waals surface area contributed by atoms with Gasteiger partial charge in [-0.15, -0.1) is 0 Å². The highest BCUT2D eigenvalue weighted by atomic mass is 16.6. The Morgan fingerprint density at radius 2 is 1.72 bits per heavy atom. The van der Waals surface area contributed by atoms with Gasteiger partial charge in [0.2, 0.25) is 0 Å². The van der Waals surface area contributed by atoms with Crippen LogP contribution in [0.3, 0.4) is 0 Å². The summed E-state index contributed by atoms with van der Waals surface area (Å²) in [7, 11) is 0. The molecule has 0 heterocycles. The van der Waals surface area contributed by atoms with E-state index in [1.54, 1.807) is 0 Å². The van der Waals surface area contributed by atoms with Gasteiger partial charge in [0.25, 0.3) is 0 Å². The first-order valence-electron chi connectivity index (χ1n) is 7.35. The molecule has 2 rings (SSSR count). The molecule has 0 amide bonds. The third kappa shape index (κ3) is 4.27. The number of ether oxygens (including phenoxy) is 1. The van der Waals surface area contributed by atoms with Crippen molar-refractivity contribution in [3.05, 3.63) is 29.8 Å². The molecule has 25 heavy (non-hydrogen) atoms. The molecule has 9 heteroatoms. The Morgan fingerprint density at radius 1 is 1.12 bits per heavy atom. The quantitative estimate of drug-likeness (QED) is 0.234. The van der Waals surface area contributed by atoms with Crippen LogP contribution >= 0.6 is 0 Å². The smallest absolute Gasteiger partial charge is 0.335 e. The molecule has 0 aromatic heterocycles. The second-order valence-corrected chi connectivity index (χ2v) is 5.86. The number of carboxylic acids is 1. The Hall–Kier alpha value is -2.62. The highest BCUT2D eigenvalue weighted by Crippen LogP contribution is 2.31. The second-order valence-electron chi connectivity index (χ2n) is 5.86. The number of aliphatic hydroxyl groups excluding tert-OH is 2. The number of carboxylic acid groups (broad SMARTS) is 1. The number of phenolic OH excluding ortho intramolecular Hbond substituents is 2. The Kier molecular flexibility index (Phi) is 5.31. The number of aromatic hydroxyl groups is 2. The van der Waals surface area contributed by atoms with Crippen LogP contribution in [0.2, 0.25) is 0 Å². The van der Waals surface area contributed by atoms with Crippen LogP contribution in [0.5, 0.6) is 11.5 Å². The number of hydrogen-bond donors (Lipinski definition) is 6. The molecule has 136 valence electrons. The number of hydrogen-bond acceptors (Lipinski definition) is 8. The van der Waals surface area contributed by atoms with Crippen LogP contribution in [0.4, 0.5) is 0 Å². The van der Waals surface area contributed by atoms with Crippen molar-refractivity contribution in [1.82, 2.24) is 0 Å². The average Bonchev–Trinajstić information content (AvgIpc) is 2.52. The fourth-order valence-electron chi connectivity index (χ4n) is 2.58. The van der Waals surface area contributed by atoms with Crippen molar-refractivity contribution in [2.75, 3.05) is 0 Å². The average molecular weight is 354 g/mol. The number of aliphatic carboxylic acids is 1. The van der Waals surface area contributed by atoms with Gasteiger partial charge < -0.3 is 35.4 Å². The predicted molar refractivity (Wildman–Crippen MR) is 82.5 cm³/mol. The minimum absolute atomic E-state index is 0.320. The maximum atomic E-state index is 11.8. The zero-order valence-electron chi connectivity index (χ0n) is 12.9. The van der Waals surface area contributed by atoms with Crippen molar-refractivity contribution in [2.24, 2.45) is 0 Å². The molecule has 1 saturated carbocycles. The van der Waals surface area contributed by atoms with Crippen molar-refractivity contribution in [2.45, 2.75) is 36.8 Å². The van der Waals surface area contributed by atoms with Crippen LogP contribution in [0, 0.1) is 0 Å². The molecule has 0 saturated heterocycles.